The van der Waals surface area contributed by atoms with Gasteiger partial charge in [-0.1, -0.05) is 0 Å². The fourth-order valence-corrected chi connectivity index (χ4v) is 1.07. The molecule has 0 amide bonds. The fourth-order valence-electron chi connectivity index (χ4n) is 0.725. The summed E-state index contributed by atoms with van der Waals surface area (Å²) in [7, 11) is 0. The van der Waals surface area contributed by atoms with Crippen molar-refractivity contribution in [3.8, 4) is 0 Å². The second-order valence-corrected chi connectivity index (χ2v) is 2.89. The molecule has 0 saturated carbocycles. The Morgan fingerprint density at radius 1 is 0.923 bits per heavy atom. The highest BCUT2D eigenvalue weighted by molar-refractivity contribution is 9.10. The molecule has 0 spiro atoms. The van der Waals surface area contributed by atoms with Crippen molar-refractivity contribution in [2.24, 2.45) is 0 Å². The van der Waals surface area contributed by atoms with E-state index in [2.05, 4.69) is 15.9 Å². The van der Waals surface area contributed by atoms with Crippen LogP contribution < -0.4 is 0 Å². The van der Waals surface area contributed by atoms with Crippen LogP contribution >= 0.6 is 15.9 Å². The summed E-state index contributed by atoms with van der Waals surface area (Å²) < 4.78 is 49.6. The van der Waals surface area contributed by atoms with Crippen molar-refractivity contribution in [2.45, 2.75) is 0 Å². The zero-order valence-electron chi connectivity index (χ0n) is 5.88. The number of hydrogen-bond acceptors (Lipinski definition) is 1. The maximum absolute atomic E-state index is 12.7. The Hall–Kier alpha value is -0.910. The first-order chi connectivity index (χ1) is 6.00. The molecule has 0 N–H and O–H groups in total. The minimum atomic E-state index is -1.71. The fraction of sp³-hybridized carbons (Fsp3) is 0. The SMILES string of the molecule is O=Cc1c(F)c(F)c(Br)c(F)c1F. The van der Waals surface area contributed by atoms with Gasteiger partial charge in [0.2, 0.25) is 0 Å². The maximum atomic E-state index is 12.7. The number of hydrogen-bond donors (Lipinski definition) is 0. The lowest BCUT2D eigenvalue weighted by molar-refractivity contribution is 0.111. The Labute approximate surface area is 78.5 Å². The highest BCUT2D eigenvalue weighted by atomic mass is 79.9. The first-order valence-corrected chi connectivity index (χ1v) is 3.76. The molecule has 0 heterocycles. The van der Waals surface area contributed by atoms with Gasteiger partial charge < -0.3 is 0 Å². The maximum Gasteiger partial charge on any atom is 0.176 e. The van der Waals surface area contributed by atoms with E-state index in [1.54, 1.807) is 0 Å². The van der Waals surface area contributed by atoms with E-state index in [-0.39, 0.29) is 6.29 Å². The van der Waals surface area contributed by atoms with Gasteiger partial charge in [-0.05, 0) is 15.9 Å². The average Bonchev–Trinajstić information content (AvgIpc) is 2.13. The molecule has 0 bridgehead atoms. The highest BCUT2D eigenvalue weighted by Crippen LogP contribution is 2.26. The van der Waals surface area contributed by atoms with Crippen LogP contribution in [-0.4, -0.2) is 6.29 Å². The molecule has 1 nitrogen and oxygen atoms in total. The standard InChI is InChI=1S/C7HBrF4O/c8-3-6(11)4(9)2(1-13)5(10)7(3)12/h1H. The molecular weight excluding hydrogens is 256 g/mol. The van der Waals surface area contributed by atoms with Crippen LogP contribution in [0.15, 0.2) is 4.47 Å². The molecule has 1 aromatic rings. The molecule has 6 heteroatoms. The van der Waals surface area contributed by atoms with Gasteiger partial charge in [0.05, 0.1) is 10.0 Å². The molecule has 70 valence electrons. The minimum absolute atomic E-state index is 0.288. The smallest absolute Gasteiger partial charge is 0.176 e. The first-order valence-electron chi connectivity index (χ1n) is 2.97. The molecule has 0 aliphatic carbocycles. The summed E-state index contributed by atoms with van der Waals surface area (Å²) in [5.74, 6) is -6.66. The summed E-state index contributed by atoms with van der Waals surface area (Å²) in [5.41, 5.74) is -1.25. The van der Waals surface area contributed by atoms with Crippen molar-refractivity contribution >= 4 is 22.2 Å². The Balaban J connectivity index is 3.66. The normalized spacial score (nSPS) is 10.2. The molecule has 0 saturated heterocycles. The number of halogens is 5. The van der Waals surface area contributed by atoms with Gasteiger partial charge in [0, 0.05) is 0 Å². The van der Waals surface area contributed by atoms with E-state index in [9.17, 15) is 22.4 Å². The summed E-state index contributed by atoms with van der Waals surface area (Å²) in [6, 6.07) is 0. The van der Waals surface area contributed by atoms with E-state index < -0.39 is 33.3 Å². The molecule has 1 aromatic carbocycles. The highest BCUT2D eigenvalue weighted by Gasteiger charge is 2.23. The van der Waals surface area contributed by atoms with Crippen molar-refractivity contribution in [2.75, 3.05) is 0 Å². The predicted octanol–water partition coefficient (Wildman–Crippen LogP) is 2.82. The zero-order chi connectivity index (χ0) is 10.2. The van der Waals surface area contributed by atoms with Gasteiger partial charge in [-0.15, -0.1) is 0 Å². The quantitative estimate of drug-likeness (QED) is 0.327. The molecule has 13 heavy (non-hydrogen) atoms. The summed E-state index contributed by atoms with van der Waals surface area (Å²) >= 11 is 2.30. The topological polar surface area (TPSA) is 17.1 Å². The molecule has 0 fully saturated rings. The average molecular weight is 257 g/mol. The van der Waals surface area contributed by atoms with Crippen LogP contribution in [0.5, 0.6) is 0 Å². The largest absolute Gasteiger partial charge is 0.298 e. The van der Waals surface area contributed by atoms with Gasteiger partial charge in [-0.3, -0.25) is 4.79 Å². The molecular formula is C7HBrF4O. The molecule has 0 aromatic heterocycles. The van der Waals surface area contributed by atoms with Crippen LogP contribution in [0.25, 0.3) is 0 Å². The van der Waals surface area contributed by atoms with Crippen LogP contribution in [0.2, 0.25) is 0 Å². The lowest BCUT2D eigenvalue weighted by atomic mass is 10.2. The monoisotopic (exact) mass is 256 g/mol. The Morgan fingerprint density at radius 3 is 1.62 bits per heavy atom. The van der Waals surface area contributed by atoms with Gasteiger partial charge in [0.1, 0.15) is 0 Å². The molecule has 0 aliphatic rings. The number of carbonyl (C=O) groups excluding carboxylic acids is 1. The lowest BCUT2D eigenvalue weighted by Gasteiger charge is -2.02. The van der Waals surface area contributed by atoms with Gasteiger partial charge in [0.15, 0.2) is 29.6 Å². The van der Waals surface area contributed by atoms with Crippen LogP contribution in [-0.2, 0) is 0 Å². The second kappa shape index (κ2) is 3.45. The van der Waals surface area contributed by atoms with Crippen LogP contribution in [0, 0.1) is 23.3 Å². The van der Waals surface area contributed by atoms with E-state index in [1.807, 2.05) is 0 Å². The third-order valence-electron chi connectivity index (χ3n) is 1.36. The zero-order valence-corrected chi connectivity index (χ0v) is 7.46. The summed E-state index contributed by atoms with van der Waals surface area (Å²) in [4.78, 5) is 10.0. The number of carbonyl (C=O) groups is 1. The molecule has 0 aliphatic heterocycles. The van der Waals surface area contributed by atoms with Crippen molar-refractivity contribution in [3.05, 3.63) is 33.3 Å². The van der Waals surface area contributed by atoms with Gasteiger partial charge in [0.25, 0.3) is 0 Å². The molecule has 0 atom stereocenters. The second-order valence-electron chi connectivity index (χ2n) is 2.10. The predicted molar refractivity (Wildman–Crippen MR) is 39.4 cm³/mol. The first kappa shape index (κ1) is 10.2. The Kier molecular flexibility index (Phi) is 2.70. The van der Waals surface area contributed by atoms with Gasteiger partial charge in [-0.25, -0.2) is 17.6 Å². The summed E-state index contributed by atoms with van der Waals surface area (Å²) in [6.45, 7) is 0. The van der Waals surface area contributed by atoms with E-state index in [0.717, 1.165) is 0 Å². The van der Waals surface area contributed by atoms with Crippen molar-refractivity contribution in [1.82, 2.24) is 0 Å². The van der Waals surface area contributed by atoms with Crippen molar-refractivity contribution in [3.63, 3.8) is 0 Å². The van der Waals surface area contributed by atoms with Gasteiger partial charge >= 0.3 is 0 Å². The number of benzene rings is 1. The van der Waals surface area contributed by atoms with Crippen LogP contribution in [0.3, 0.4) is 0 Å². The molecule has 0 radical (unpaired) electrons. The van der Waals surface area contributed by atoms with E-state index in [4.69, 9.17) is 0 Å². The van der Waals surface area contributed by atoms with Gasteiger partial charge in [-0.2, -0.15) is 0 Å². The van der Waals surface area contributed by atoms with E-state index in [0.29, 0.717) is 0 Å². The van der Waals surface area contributed by atoms with Crippen LogP contribution in [0.1, 0.15) is 10.4 Å². The number of aldehydes is 1. The third-order valence-corrected chi connectivity index (χ3v) is 2.06. The Morgan fingerprint density at radius 2 is 1.31 bits per heavy atom. The summed E-state index contributed by atoms with van der Waals surface area (Å²) in [5, 5.41) is 0. The van der Waals surface area contributed by atoms with Crippen molar-refractivity contribution in [1.29, 1.82) is 0 Å². The molecule has 1 rings (SSSR count). The van der Waals surface area contributed by atoms with Crippen LogP contribution in [0.4, 0.5) is 17.6 Å². The van der Waals surface area contributed by atoms with Crippen molar-refractivity contribution < 1.29 is 22.4 Å². The van der Waals surface area contributed by atoms with E-state index in [1.165, 1.54) is 0 Å². The lowest BCUT2D eigenvalue weighted by Crippen LogP contribution is -2.03. The number of rotatable bonds is 1. The third kappa shape index (κ3) is 1.46. The molecule has 0 unspecified atom stereocenters. The summed E-state index contributed by atoms with van der Waals surface area (Å²) in [6.07, 6.45) is -0.288. The van der Waals surface area contributed by atoms with E-state index >= 15 is 0 Å². The Bertz CT molecular complexity index is 348. The minimum Gasteiger partial charge on any atom is -0.298 e.